The SMILES string of the molecule is C=O.CC.CC(C)C.Cc1ccc(-c2ccc(CCCCc3ccc(N)cc3)c(C)c2)cc1. The number of anilines is 1. The largest absolute Gasteiger partial charge is 0.399 e. The van der Waals surface area contributed by atoms with Crippen LogP contribution in [0.15, 0.2) is 66.7 Å². The lowest BCUT2D eigenvalue weighted by Gasteiger charge is -2.09. The number of rotatable bonds is 6. The second-order valence-corrected chi connectivity index (χ2v) is 8.69. The van der Waals surface area contributed by atoms with E-state index in [1.807, 2.05) is 32.8 Å². The molecule has 0 aliphatic carbocycles. The number of hydrogen-bond acceptors (Lipinski definition) is 2. The average molecular weight is 448 g/mol. The number of nitrogens with two attached hydrogens (primary N) is 1. The number of unbranched alkanes of at least 4 members (excludes halogenated alkanes) is 1. The van der Waals surface area contributed by atoms with Gasteiger partial charge < -0.3 is 10.5 Å². The van der Waals surface area contributed by atoms with Gasteiger partial charge in [-0.2, -0.15) is 0 Å². The number of carbonyl (C=O) groups excluding carboxylic acids is 1. The van der Waals surface area contributed by atoms with Gasteiger partial charge in [-0.15, -0.1) is 0 Å². The van der Waals surface area contributed by atoms with Crippen LogP contribution in [0.3, 0.4) is 0 Å². The van der Waals surface area contributed by atoms with Gasteiger partial charge in [-0.3, -0.25) is 0 Å². The van der Waals surface area contributed by atoms with E-state index in [1.165, 1.54) is 46.2 Å². The van der Waals surface area contributed by atoms with E-state index in [9.17, 15) is 0 Å². The van der Waals surface area contributed by atoms with Gasteiger partial charge >= 0.3 is 0 Å². The minimum Gasteiger partial charge on any atom is -0.399 e. The van der Waals surface area contributed by atoms with Crippen LogP contribution in [0.1, 0.15) is 69.7 Å². The summed E-state index contributed by atoms with van der Waals surface area (Å²) in [5.41, 5.74) is 14.7. The van der Waals surface area contributed by atoms with Gasteiger partial charge in [0.1, 0.15) is 6.79 Å². The first-order valence-corrected chi connectivity index (χ1v) is 12.1. The Morgan fingerprint density at radius 3 is 1.73 bits per heavy atom. The molecule has 2 N–H and O–H groups in total. The van der Waals surface area contributed by atoms with E-state index in [1.54, 1.807) is 0 Å². The van der Waals surface area contributed by atoms with Gasteiger partial charge in [0.25, 0.3) is 0 Å². The Morgan fingerprint density at radius 1 is 0.727 bits per heavy atom. The molecule has 0 saturated carbocycles. The van der Waals surface area contributed by atoms with Crippen LogP contribution in [0.4, 0.5) is 5.69 Å². The van der Waals surface area contributed by atoms with Crippen molar-refractivity contribution in [2.24, 2.45) is 5.92 Å². The number of hydrogen-bond donors (Lipinski definition) is 1. The molecule has 3 aromatic rings. The normalized spacial score (nSPS) is 9.58. The van der Waals surface area contributed by atoms with Gasteiger partial charge in [0, 0.05) is 5.69 Å². The molecule has 180 valence electrons. The summed E-state index contributed by atoms with van der Waals surface area (Å²) in [6.07, 6.45) is 4.70. The van der Waals surface area contributed by atoms with Crippen LogP contribution < -0.4 is 5.73 Å². The summed E-state index contributed by atoms with van der Waals surface area (Å²) < 4.78 is 0. The number of nitrogen functional groups attached to an aromatic ring is 1. The third kappa shape index (κ3) is 12.7. The molecule has 0 amide bonds. The molecular weight excluding hydrogens is 402 g/mol. The standard InChI is InChI=1S/C24H27N.C4H10.C2H6.CH2O/c1-18-7-11-22(12-8-18)23-14-13-21(19(2)17-23)6-4-3-5-20-9-15-24(25)16-10-20;1-4(2)3;2*1-2/h7-17H,3-6,25H2,1-2H3;4H,1-3H3;1-2H3;1H2. The van der Waals surface area contributed by atoms with Crippen LogP contribution in [0, 0.1) is 19.8 Å². The third-order valence-corrected chi connectivity index (χ3v) is 4.87. The number of aryl methyl sites for hydroxylation is 4. The van der Waals surface area contributed by atoms with Crippen molar-refractivity contribution in [3.05, 3.63) is 89.0 Å². The maximum absolute atomic E-state index is 8.00. The van der Waals surface area contributed by atoms with Crippen molar-refractivity contribution < 1.29 is 4.79 Å². The molecule has 0 atom stereocenters. The van der Waals surface area contributed by atoms with Crippen LogP contribution in [0.5, 0.6) is 0 Å². The Morgan fingerprint density at radius 2 is 1.21 bits per heavy atom. The van der Waals surface area contributed by atoms with Crippen LogP contribution in [-0.4, -0.2) is 6.79 Å². The first-order chi connectivity index (χ1) is 15.8. The monoisotopic (exact) mass is 447 g/mol. The zero-order chi connectivity index (χ0) is 25.2. The van der Waals surface area contributed by atoms with Crippen molar-refractivity contribution >= 4 is 12.5 Å². The maximum atomic E-state index is 8.00. The Labute approximate surface area is 203 Å². The molecule has 0 spiro atoms. The molecule has 0 unspecified atom stereocenters. The second kappa shape index (κ2) is 17.7. The van der Waals surface area contributed by atoms with Crippen LogP contribution >= 0.6 is 0 Å². The Balaban J connectivity index is 0.00000113. The molecule has 0 aliphatic rings. The van der Waals surface area contributed by atoms with Crippen molar-refractivity contribution in [1.82, 2.24) is 0 Å². The number of carbonyl (C=O) groups is 1. The molecule has 3 aromatic carbocycles. The summed E-state index contributed by atoms with van der Waals surface area (Å²) in [4.78, 5) is 8.00. The fraction of sp³-hybridized carbons (Fsp3) is 0.387. The van der Waals surface area contributed by atoms with E-state index in [4.69, 9.17) is 10.5 Å². The highest BCUT2D eigenvalue weighted by Gasteiger charge is 2.03. The van der Waals surface area contributed by atoms with Crippen molar-refractivity contribution in [2.45, 2.75) is 74.1 Å². The third-order valence-electron chi connectivity index (χ3n) is 4.87. The number of benzene rings is 3. The van der Waals surface area contributed by atoms with E-state index < -0.39 is 0 Å². The lowest BCUT2D eigenvalue weighted by Crippen LogP contribution is -1.93. The smallest absolute Gasteiger partial charge is 0.106 e. The lowest BCUT2D eigenvalue weighted by molar-refractivity contribution is -0.0979. The first kappa shape index (κ1) is 30.1. The fourth-order valence-electron chi connectivity index (χ4n) is 3.23. The molecule has 0 aliphatic heterocycles. The maximum Gasteiger partial charge on any atom is 0.106 e. The minimum atomic E-state index is 0.833. The van der Waals surface area contributed by atoms with Crippen LogP contribution in [-0.2, 0) is 17.6 Å². The van der Waals surface area contributed by atoms with E-state index in [2.05, 4.69) is 89.2 Å². The molecule has 0 radical (unpaired) electrons. The minimum absolute atomic E-state index is 0.833. The molecule has 2 nitrogen and oxygen atoms in total. The summed E-state index contributed by atoms with van der Waals surface area (Å²) >= 11 is 0. The zero-order valence-corrected chi connectivity index (χ0v) is 21.9. The van der Waals surface area contributed by atoms with E-state index >= 15 is 0 Å². The van der Waals surface area contributed by atoms with Crippen molar-refractivity contribution in [3.63, 3.8) is 0 Å². The summed E-state index contributed by atoms with van der Waals surface area (Å²) in [7, 11) is 0. The lowest BCUT2D eigenvalue weighted by atomic mass is 9.96. The second-order valence-electron chi connectivity index (χ2n) is 8.69. The highest BCUT2D eigenvalue weighted by Crippen LogP contribution is 2.24. The Bertz CT molecular complexity index is 877. The van der Waals surface area contributed by atoms with Crippen molar-refractivity contribution in [1.29, 1.82) is 0 Å². The summed E-state index contributed by atoms with van der Waals surface area (Å²) in [6.45, 7) is 16.9. The molecule has 0 saturated heterocycles. The van der Waals surface area contributed by atoms with Gasteiger partial charge in [0.2, 0.25) is 0 Å². The van der Waals surface area contributed by atoms with Gasteiger partial charge in [0.15, 0.2) is 0 Å². The van der Waals surface area contributed by atoms with Gasteiger partial charge in [-0.1, -0.05) is 94.8 Å². The molecule has 3 rings (SSSR count). The molecule has 33 heavy (non-hydrogen) atoms. The fourth-order valence-corrected chi connectivity index (χ4v) is 3.23. The Kier molecular flexibility index (Phi) is 16.1. The molecule has 0 bridgehead atoms. The van der Waals surface area contributed by atoms with Crippen LogP contribution in [0.2, 0.25) is 0 Å². The van der Waals surface area contributed by atoms with Crippen LogP contribution in [0.25, 0.3) is 11.1 Å². The van der Waals surface area contributed by atoms with Crippen molar-refractivity contribution in [3.8, 4) is 11.1 Å². The summed E-state index contributed by atoms with van der Waals surface area (Å²) in [5.74, 6) is 0.833. The predicted octanol–water partition coefficient (Wildman–Crippen LogP) is 8.62. The van der Waals surface area contributed by atoms with Gasteiger partial charge in [-0.05, 0) is 85.4 Å². The van der Waals surface area contributed by atoms with E-state index in [0.717, 1.165) is 24.4 Å². The topological polar surface area (TPSA) is 43.1 Å². The van der Waals surface area contributed by atoms with E-state index in [-0.39, 0.29) is 0 Å². The quantitative estimate of drug-likeness (QED) is 0.303. The molecule has 0 fully saturated rings. The first-order valence-electron chi connectivity index (χ1n) is 12.1. The predicted molar refractivity (Wildman–Crippen MR) is 148 cm³/mol. The Hall–Kier alpha value is -2.87. The van der Waals surface area contributed by atoms with Crippen molar-refractivity contribution in [2.75, 3.05) is 5.73 Å². The van der Waals surface area contributed by atoms with Gasteiger partial charge in [0.05, 0.1) is 0 Å². The average Bonchev–Trinajstić information content (AvgIpc) is 2.81. The summed E-state index contributed by atoms with van der Waals surface area (Å²) in [6, 6.07) is 23.9. The van der Waals surface area contributed by atoms with Gasteiger partial charge in [-0.25, -0.2) is 0 Å². The summed E-state index contributed by atoms with van der Waals surface area (Å²) in [5, 5.41) is 0. The molecule has 0 aromatic heterocycles. The highest BCUT2D eigenvalue weighted by atomic mass is 16.1. The highest BCUT2D eigenvalue weighted by molar-refractivity contribution is 5.65. The molecule has 2 heteroatoms. The zero-order valence-electron chi connectivity index (χ0n) is 21.9. The molecule has 0 heterocycles. The van der Waals surface area contributed by atoms with E-state index in [0.29, 0.717) is 0 Å². The molecular formula is C31H45NO.